The molecule has 1 unspecified atom stereocenters. The highest BCUT2D eigenvalue weighted by Crippen LogP contribution is 2.24. The Morgan fingerprint density at radius 1 is 1.22 bits per heavy atom. The molecule has 2 rings (SSSR count). The van der Waals surface area contributed by atoms with Gasteiger partial charge in [-0.25, -0.2) is 9.97 Å². The third-order valence-electron chi connectivity index (χ3n) is 2.58. The van der Waals surface area contributed by atoms with Crippen LogP contribution in [0.1, 0.15) is 23.0 Å². The number of hydrogen-bond acceptors (Lipinski definition) is 3. The predicted molar refractivity (Wildman–Crippen MR) is 73.9 cm³/mol. The van der Waals surface area contributed by atoms with Gasteiger partial charge in [-0.1, -0.05) is 23.2 Å². The van der Waals surface area contributed by atoms with E-state index in [0.717, 1.165) is 11.1 Å². The van der Waals surface area contributed by atoms with E-state index in [0.29, 0.717) is 22.3 Å². The Balaban J connectivity index is 2.18. The van der Waals surface area contributed by atoms with Gasteiger partial charge < -0.3 is 5.73 Å². The van der Waals surface area contributed by atoms with E-state index in [2.05, 4.69) is 9.97 Å². The molecule has 1 atom stereocenters. The van der Waals surface area contributed by atoms with Gasteiger partial charge in [0.25, 0.3) is 0 Å². The van der Waals surface area contributed by atoms with Crippen molar-refractivity contribution in [3.63, 3.8) is 0 Å². The van der Waals surface area contributed by atoms with Crippen LogP contribution in [0.15, 0.2) is 30.6 Å². The second-order valence-electron chi connectivity index (χ2n) is 4.16. The van der Waals surface area contributed by atoms with Crippen LogP contribution in [-0.2, 0) is 6.42 Å². The van der Waals surface area contributed by atoms with E-state index in [1.165, 1.54) is 0 Å². The standard InChI is InChI=1S/C13H13Cl2N3/c1-8-6-17-13(18-7-8)12(16)5-9-4-10(14)2-3-11(9)15/h2-4,6-7,12H,5,16H2,1H3. The van der Waals surface area contributed by atoms with Crippen LogP contribution in [0.3, 0.4) is 0 Å². The summed E-state index contributed by atoms with van der Waals surface area (Å²) < 4.78 is 0. The third kappa shape index (κ3) is 3.19. The number of nitrogens with zero attached hydrogens (tertiary/aromatic N) is 2. The van der Waals surface area contributed by atoms with Crippen molar-refractivity contribution < 1.29 is 0 Å². The molecule has 2 aromatic rings. The van der Waals surface area contributed by atoms with Gasteiger partial charge in [-0.2, -0.15) is 0 Å². The Morgan fingerprint density at radius 2 is 1.89 bits per heavy atom. The maximum atomic E-state index is 6.10. The highest BCUT2D eigenvalue weighted by atomic mass is 35.5. The molecular weight excluding hydrogens is 269 g/mol. The zero-order valence-electron chi connectivity index (χ0n) is 9.90. The van der Waals surface area contributed by atoms with Crippen molar-refractivity contribution in [1.29, 1.82) is 0 Å². The molecule has 0 saturated carbocycles. The number of nitrogens with two attached hydrogens (primary N) is 1. The van der Waals surface area contributed by atoms with Gasteiger partial charge in [0.1, 0.15) is 5.82 Å². The maximum absolute atomic E-state index is 6.10. The van der Waals surface area contributed by atoms with Crippen LogP contribution in [-0.4, -0.2) is 9.97 Å². The topological polar surface area (TPSA) is 51.8 Å². The van der Waals surface area contributed by atoms with Crippen molar-refractivity contribution in [1.82, 2.24) is 9.97 Å². The summed E-state index contributed by atoms with van der Waals surface area (Å²) in [5.74, 6) is 0.608. The van der Waals surface area contributed by atoms with E-state index in [4.69, 9.17) is 28.9 Å². The molecule has 18 heavy (non-hydrogen) atoms. The molecule has 0 radical (unpaired) electrons. The van der Waals surface area contributed by atoms with Crippen molar-refractivity contribution in [2.24, 2.45) is 5.73 Å². The monoisotopic (exact) mass is 281 g/mol. The smallest absolute Gasteiger partial charge is 0.145 e. The summed E-state index contributed by atoms with van der Waals surface area (Å²) in [5.41, 5.74) is 7.98. The van der Waals surface area contributed by atoms with Crippen LogP contribution < -0.4 is 5.73 Å². The molecular formula is C13H13Cl2N3. The Kier molecular flexibility index (Phi) is 4.17. The number of hydrogen-bond donors (Lipinski definition) is 1. The van der Waals surface area contributed by atoms with Gasteiger partial charge in [-0.15, -0.1) is 0 Å². The van der Waals surface area contributed by atoms with Crippen LogP contribution in [0.2, 0.25) is 10.0 Å². The molecule has 0 saturated heterocycles. The van der Waals surface area contributed by atoms with Crippen molar-refractivity contribution in [3.05, 3.63) is 57.6 Å². The largest absolute Gasteiger partial charge is 0.321 e. The van der Waals surface area contributed by atoms with Gasteiger partial charge in [0, 0.05) is 22.4 Å². The molecule has 3 nitrogen and oxygen atoms in total. The zero-order chi connectivity index (χ0) is 13.1. The Hall–Kier alpha value is -1.16. The molecule has 5 heteroatoms. The normalized spacial score (nSPS) is 12.4. The molecule has 1 aromatic carbocycles. The molecule has 2 N–H and O–H groups in total. The summed E-state index contributed by atoms with van der Waals surface area (Å²) in [5, 5.41) is 1.30. The van der Waals surface area contributed by atoms with Gasteiger partial charge in [-0.05, 0) is 42.7 Å². The van der Waals surface area contributed by atoms with Crippen LogP contribution >= 0.6 is 23.2 Å². The summed E-state index contributed by atoms with van der Waals surface area (Å²) in [6, 6.07) is 5.04. The van der Waals surface area contributed by atoms with Gasteiger partial charge in [0.15, 0.2) is 0 Å². The van der Waals surface area contributed by atoms with Gasteiger partial charge in [0.2, 0.25) is 0 Å². The first-order valence-corrected chi connectivity index (χ1v) is 6.30. The average molecular weight is 282 g/mol. The number of aromatic nitrogens is 2. The highest BCUT2D eigenvalue weighted by molar-refractivity contribution is 6.33. The van der Waals surface area contributed by atoms with Crippen molar-refractivity contribution in [2.45, 2.75) is 19.4 Å². The zero-order valence-corrected chi connectivity index (χ0v) is 11.4. The number of halogens is 2. The third-order valence-corrected chi connectivity index (χ3v) is 3.18. The molecule has 0 aliphatic rings. The molecule has 94 valence electrons. The van der Waals surface area contributed by atoms with E-state index in [-0.39, 0.29) is 6.04 Å². The minimum Gasteiger partial charge on any atom is -0.321 e. The summed E-state index contributed by atoms with van der Waals surface area (Å²) in [7, 11) is 0. The SMILES string of the molecule is Cc1cnc(C(N)Cc2cc(Cl)ccc2Cl)nc1. The summed E-state index contributed by atoms with van der Waals surface area (Å²) in [6.07, 6.45) is 4.06. The van der Waals surface area contributed by atoms with Crippen molar-refractivity contribution in [2.75, 3.05) is 0 Å². The molecule has 0 bridgehead atoms. The Labute approximate surface area is 116 Å². The molecule has 0 spiro atoms. The van der Waals surface area contributed by atoms with E-state index in [9.17, 15) is 0 Å². The van der Waals surface area contributed by atoms with E-state index in [1.807, 2.05) is 13.0 Å². The first kappa shape index (κ1) is 13.3. The number of rotatable bonds is 3. The molecule has 0 aliphatic heterocycles. The lowest BCUT2D eigenvalue weighted by Crippen LogP contribution is -2.16. The first-order valence-electron chi connectivity index (χ1n) is 5.54. The van der Waals surface area contributed by atoms with Crippen molar-refractivity contribution >= 4 is 23.2 Å². The fourth-order valence-corrected chi connectivity index (χ4v) is 2.01. The van der Waals surface area contributed by atoms with Crippen LogP contribution in [0, 0.1) is 6.92 Å². The van der Waals surface area contributed by atoms with E-state index < -0.39 is 0 Å². The lowest BCUT2D eigenvalue weighted by Gasteiger charge is -2.11. The minimum absolute atomic E-state index is 0.290. The van der Waals surface area contributed by atoms with Gasteiger partial charge in [0.05, 0.1) is 6.04 Å². The second kappa shape index (κ2) is 5.65. The summed E-state index contributed by atoms with van der Waals surface area (Å²) >= 11 is 12.0. The number of benzene rings is 1. The summed E-state index contributed by atoms with van der Waals surface area (Å²) in [4.78, 5) is 8.43. The second-order valence-corrected chi connectivity index (χ2v) is 5.01. The van der Waals surface area contributed by atoms with Crippen LogP contribution in [0.4, 0.5) is 0 Å². The first-order chi connectivity index (χ1) is 8.56. The van der Waals surface area contributed by atoms with Crippen LogP contribution in [0.5, 0.6) is 0 Å². The Bertz CT molecular complexity index is 540. The lowest BCUT2D eigenvalue weighted by atomic mass is 10.1. The molecule has 0 fully saturated rings. The fourth-order valence-electron chi connectivity index (χ4n) is 1.62. The summed E-state index contributed by atoms with van der Waals surface area (Å²) in [6.45, 7) is 1.93. The Morgan fingerprint density at radius 3 is 2.56 bits per heavy atom. The average Bonchev–Trinajstić information content (AvgIpc) is 2.34. The lowest BCUT2D eigenvalue weighted by molar-refractivity contribution is 0.665. The van der Waals surface area contributed by atoms with Gasteiger partial charge in [-0.3, -0.25) is 0 Å². The van der Waals surface area contributed by atoms with Crippen LogP contribution in [0.25, 0.3) is 0 Å². The predicted octanol–water partition coefficient (Wildman–Crippen LogP) is 3.33. The maximum Gasteiger partial charge on any atom is 0.145 e. The molecule has 1 heterocycles. The molecule has 0 amide bonds. The number of aryl methyl sites for hydroxylation is 1. The van der Waals surface area contributed by atoms with Gasteiger partial charge >= 0.3 is 0 Å². The molecule has 1 aromatic heterocycles. The molecule has 0 aliphatic carbocycles. The quantitative estimate of drug-likeness (QED) is 0.939. The van der Waals surface area contributed by atoms with E-state index >= 15 is 0 Å². The van der Waals surface area contributed by atoms with E-state index in [1.54, 1.807) is 24.5 Å². The highest BCUT2D eigenvalue weighted by Gasteiger charge is 2.12. The minimum atomic E-state index is -0.290. The fraction of sp³-hybridized carbons (Fsp3) is 0.231. The van der Waals surface area contributed by atoms with Crippen molar-refractivity contribution in [3.8, 4) is 0 Å².